The summed E-state index contributed by atoms with van der Waals surface area (Å²) in [6.45, 7) is 0.366. The lowest BCUT2D eigenvalue weighted by atomic mass is 10.2. The second-order valence-electron chi connectivity index (χ2n) is 4.51. The number of thioether (sulfide) groups is 1. The Balaban J connectivity index is 1.85. The molecule has 23 heavy (non-hydrogen) atoms. The van der Waals surface area contributed by atoms with E-state index in [1.807, 2.05) is 24.3 Å². The van der Waals surface area contributed by atoms with Crippen molar-refractivity contribution >= 4 is 46.1 Å². The van der Waals surface area contributed by atoms with Crippen LogP contribution in [0.5, 0.6) is 0 Å². The number of benzene rings is 2. The summed E-state index contributed by atoms with van der Waals surface area (Å²) in [6, 6.07) is 12.8. The SMILES string of the molecule is O=C(NCc1cccc(I)c1)Nc1ccc(SC(F)(F)F)cc1. The van der Waals surface area contributed by atoms with Gasteiger partial charge in [-0.3, -0.25) is 0 Å². The third kappa shape index (κ3) is 6.69. The molecule has 0 aromatic heterocycles. The van der Waals surface area contributed by atoms with Gasteiger partial charge in [-0.25, -0.2) is 4.79 Å². The molecular formula is C15H12F3IN2OS. The molecule has 0 aliphatic rings. The lowest BCUT2D eigenvalue weighted by Gasteiger charge is -2.09. The predicted molar refractivity (Wildman–Crippen MR) is 93.4 cm³/mol. The van der Waals surface area contributed by atoms with E-state index in [2.05, 4.69) is 33.2 Å². The molecule has 0 saturated carbocycles. The van der Waals surface area contributed by atoms with Crippen molar-refractivity contribution < 1.29 is 18.0 Å². The third-order valence-corrected chi connectivity index (χ3v) is 4.10. The molecule has 0 aliphatic heterocycles. The fourth-order valence-electron chi connectivity index (χ4n) is 1.74. The van der Waals surface area contributed by atoms with Gasteiger partial charge in [0.05, 0.1) is 0 Å². The number of hydrogen-bond acceptors (Lipinski definition) is 2. The summed E-state index contributed by atoms with van der Waals surface area (Å²) in [6.07, 6.45) is 0. The second kappa shape index (κ2) is 7.91. The number of carbonyl (C=O) groups is 1. The Morgan fingerprint density at radius 1 is 1.13 bits per heavy atom. The number of carbonyl (C=O) groups excluding carboxylic acids is 1. The number of urea groups is 1. The van der Waals surface area contributed by atoms with Gasteiger partial charge >= 0.3 is 11.5 Å². The van der Waals surface area contributed by atoms with Crippen LogP contribution >= 0.6 is 34.4 Å². The molecule has 0 heterocycles. The summed E-state index contributed by atoms with van der Waals surface area (Å²) in [5, 5.41) is 5.26. The summed E-state index contributed by atoms with van der Waals surface area (Å²) in [5.41, 5.74) is -2.93. The van der Waals surface area contributed by atoms with Gasteiger partial charge in [-0.1, -0.05) is 12.1 Å². The topological polar surface area (TPSA) is 41.1 Å². The van der Waals surface area contributed by atoms with Gasteiger partial charge in [-0.05, 0) is 76.3 Å². The highest BCUT2D eigenvalue weighted by atomic mass is 127. The van der Waals surface area contributed by atoms with E-state index >= 15 is 0 Å². The largest absolute Gasteiger partial charge is 0.446 e. The van der Waals surface area contributed by atoms with Crippen LogP contribution in [0, 0.1) is 3.57 Å². The second-order valence-corrected chi connectivity index (χ2v) is 6.89. The molecule has 122 valence electrons. The van der Waals surface area contributed by atoms with Crippen LogP contribution < -0.4 is 10.6 Å². The van der Waals surface area contributed by atoms with Gasteiger partial charge in [-0.2, -0.15) is 13.2 Å². The van der Waals surface area contributed by atoms with E-state index in [1.165, 1.54) is 24.3 Å². The molecular weight excluding hydrogens is 440 g/mol. The van der Waals surface area contributed by atoms with Crippen LogP contribution in [0.4, 0.5) is 23.7 Å². The van der Waals surface area contributed by atoms with Crippen molar-refractivity contribution in [3.63, 3.8) is 0 Å². The molecule has 0 radical (unpaired) electrons. The summed E-state index contributed by atoms with van der Waals surface area (Å²) < 4.78 is 37.7. The molecule has 2 aromatic carbocycles. The first-order chi connectivity index (χ1) is 10.8. The number of rotatable bonds is 4. The standard InChI is InChI=1S/C15H12F3IN2OS/c16-15(17,18)23-13-6-4-12(5-7-13)21-14(22)20-9-10-2-1-3-11(19)8-10/h1-8H,9H2,(H2,20,21,22). The fourth-order valence-corrected chi connectivity index (χ4v) is 2.89. The quantitative estimate of drug-likeness (QED) is 0.493. The summed E-state index contributed by atoms with van der Waals surface area (Å²) >= 11 is 1.99. The zero-order valence-corrected chi connectivity index (χ0v) is 14.6. The monoisotopic (exact) mass is 452 g/mol. The van der Waals surface area contributed by atoms with E-state index in [0.717, 1.165) is 9.13 Å². The van der Waals surface area contributed by atoms with Crippen LogP contribution in [0.2, 0.25) is 0 Å². The van der Waals surface area contributed by atoms with Crippen LogP contribution in [-0.4, -0.2) is 11.5 Å². The highest BCUT2D eigenvalue weighted by Crippen LogP contribution is 2.36. The average Bonchev–Trinajstić information content (AvgIpc) is 2.46. The number of anilines is 1. The van der Waals surface area contributed by atoms with Crippen molar-refractivity contribution in [3.8, 4) is 0 Å². The Labute approximate surface area is 149 Å². The maximum Gasteiger partial charge on any atom is 0.446 e. The van der Waals surface area contributed by atoms with E-state index in [4.69, 9.17) is 0 Å². The lowest BCUT2D eigenvalue weighted by Crippen LogP contribution is -2.28. The highest BCUT2D eigenvalue weighted by Gasteiger charge is 2.28. The van der Waals surface area contributed by atoms with Gasteiger partial charge in [-0.15, -0.1) is 0 Å². The number of halogens is 4. The minimum atomic E-state index is -4.32. The molecule has 0 aliphatic carbocycles. The minimum absolute atomic E-state index is 0.0716. The Kier molecular flexibility index (Phi) is 6.17. The summed E-state index contributed by atoms with van der Waals surface area (Å²) in [4.78, 5) is 11.8. The van der Waals surface area contributed by atoms with Gasteiger partial charge in [0.25, 0.3) is 0 Å². The van der Waals surface area contributed by atoms with E-state index in [9.17, 15) is 18.0 Å². The van der Waals surface area contributed by atoms with Crippen LogP contribution in [0.25, 0.3) is 0 Å². The Morgan fingerprint density at radius 3 is 2.43 bits per heavy atom. The number of nitrogens with one attached hydrogen (secondary N) is 2. The van der Waals surface area contributed by atoms with Crippen LogP contribution in [0.3, 0.4) is 0 Å². The van der Waals surface area contributed by atoms with Crippen molar-refractivity contribution in [1.29, 1.82) is 0 Å². The first-order valence-electron chi connectivity index (χ1n) is 6.47. The average molecular weight is 452 g/mol. The highest BCUT2D eigenvalue weighted by molar-refractivity contribution is 14.1. The number of amides is 2. The van der Waals surface area contributed by atoms with Gasteiger partial charge in [0.1, 0.15) is 0 Å². The third-order valence-electron chi connectivity index (χ3n) is 2.69. The molecule has 0 unspecified atom stereocenters. The smallest absolute Gasteiger partial charge is 0.334 e. The summed E-state index contributed by atoms with van der Waals surface area (Å²) in [5.74, 6) is 0. The van der Waals surface area contributed by atoms with E-state index in [-0.39, 0.29) is 16.7 Å². The Morgan fingerprint density at radius 2 is 1.83 bits per heavy atom. The molecule has 2 aromatic rings. The zero-order valence-electron chi connectivity index (χ0n) is 11.7. The van der Waals surface area contributed by atoms with Crippen LogP contribution in [0.15, 0.2) is 53.4 Å². The number of hydrogen-bond donors (Lipinski definition) is 2. The fraction of sp³-hybridized carbons (Fsp3) is 0.133. The number of alkyl halides is 3. The van der Waals surface area contributed by atoms with Crippen LogP contribution in [-0.2, 0) is 6.54 Å². The van der Waals surface area contributed by atoms with Crippen molar-refractivity contribution in [2.45, 2.75) is 16.9 Å². The van der Waals surface area contributed by atoms with Crippen molar-refractivity contribution in [2.75, 3.05) is 5.32 Å². The first-order valence-corrected chi connectivity index (χ1v) is 8.36. The predicted octanol–water partition coefficient (Wildman–Crippen LogP) is 5.22. The molecule has 2 amide bonds. The van der Waals surface area contributed by atoms with Crippen LogP contribution in [0.1, 0.15) is 5.56 Å². The van der Waals surface area contributed by atoms with E-state index in [1.54, 1.807) is 0 Å². The Hall–Kier alpha value is -1.42. The first kappa shape index (κ1) is 17.9. The molecule has 0 atom stereocenters. The maximum atomic E-state index is 12.2. The van der Waals surface area contributed by atoms with Gasteiger partial charge < -0.3 is 10.6 Å². The lowest BCUT2D eigenvalue weighted by molar-refractivity contribution is -0.0328. The molecule has 2 rings (SSSR count). The van der Waals surface area contributed by atoms with Gasteiger partial charge in [0.15, 0.2) is 0 Å². The molecule has 0 fully saturated rings. The maximum absolute atomic E-state index is 12.2. The van der Waals surface area contributed by atoms with E-state index in [0.29, 0.717) is 12.2 Å². The Bertz CT molecular complexity index is 677. The van der Waals surface area contributed by atoms with E-state index < -0.39 is 11.5 Å². The molecule has 8 heteroatoms. The van der Waals surface area contributed by atoms with Crippen molar-refractivity contribution in [1.82, 2.24) is 5.32 Å². The minimum Gasteiger partial charge on any atom is -0.334 e. The molecule has 0 bridgehead atoms. The van der Waals surface area contributed by atoms with Crippen molar-refractivity contribution in [2.24, 2.45) is 0 Å². The molecule has 2 N–H and O–H groups in total. The molecule has 0 saturated heterocycles. The molecule has 3 nitrogen and oxygen atoms in total. The normalized spacial score (nSPS) is 11.1. The van der Waals surface area contributed by atoms with Crippen molar-refractivity contribution in [3.05, 3.63) is 57.7 Å². The zero-order chi connectivity index (χ0) is 16.9. The molecule has 0 spiro atoms. The van der Waals surface area contributed by atoms with Gasteiger partial charge in [0.2, 0.25) is 0 Å². The summed E-state index contributed by atoms with van der Waals surface area (Å²) in [7, 11) is 0. The van der Waals surface area contributed by atoms with Gasteiger partial charge in [0, 0.05) is 20.7 Å².